The van der Waals surface area contributed by atoms with Gasteiger partial charge in [0.05, 0.1) is 29.1 Å². The number of hydrogen-bond acceptors (Lipinski definition) is 6. The highest BCUT2D eigenvalue weighted by Gasteiger charge is 2.42. The Balaban J connectivity index is 1.78. The largest absolute Gasteiger partial charge is 0.494 e. The van der Waals surface area contributed by atoms with Gasteiger partial charge >= 0.3 is 0 Å². The monoisotopic (exact) mass is 383 g/mol. The summed E-state index contributed by atoms with van der Waals surface area (Å²) in [6.45, 7) is 2.52. The fourth-order valence-corrected chi connectivity index (χ4v) is 5.85. The number of carbonyl (C=O) groups is 1. The van der Waals surface area contributed by atoms with Gasteiger partial charge in [-0.15, -0.1) is 0 Å². The van der Waals surface area contributed by atoms with E-state index in [1.54, 1.807) is 6.08 Å². The van der Waals surface area contributed by atoms with E-state index in [2.05, 4.69) is 0 Å². The Morgan fingerprint density at radius 1 is 1.38 bits per heavy atom. The van der Waals surface area contributed by atoms with Crippen LogP contribution in [-0.2, 0) is 14.6 Å². The predicted octanol–water partition coefficient (Wildman–Crippen LogP) is 2.47. The lowest BCUT2D eigenvalue weighted by Crippen LogP contribution is -2.39. The van der Waals surface area contributed by atoms with Crippen LogP contribution in [0.2, 0.25) is 0 Å². The maximum atomic E-state index is 12.6. The van der Waals surface area contributed by atoms with Gasteiger partial charge in [0.15, 0.2) is 9.84 Å². The fourth-order valence-electron chi connectivity index (χ4n) is 2.75. The molecule has 2 aliphatic heterocycles. The van der Waals surface area contributed by atoms with Crippen molar-refractivity contribution in [2.45, 2.75) is 19.4 Å². The molecule has 0 aliphatic carbocycles. The zero-order valence-electron chi connectivity index (χ0n) is 13.1. The van der Waals surface area contributed by atoms with E-state index in [-0.39, 0.29) is 23.5 Å². The maximum Gasteiger partial charge on any atom is 0.266 e. The third kappa shape index (κ3) is 3.65. The summed E-state index contributed by atoms with van der Waals surface area (Å²) >= 11 is 6.51. The predicted molar refractivity (Wildman–Crippen MR) is 99.7 cm³/mol. The molecule has 5 nitrogen and oxygen atoms in total. The lowest BCUT2D eigenvalue weighted by molar-refractivity contribution is -0.123. The molecule has 2 saturated heterocycles. The number of carbonyl (C=O) groups excluding carboxylic acids is 1. The van der Waals surface area contributed by atoms with Crippen LogP contribution in [-0.4, -0.2) is 47.7 Å². The highest BCUT2D eigenvalue weighted by atomic mass is 32.2. The molecule has 2 aliphatic rings. The number of rotatable bonds is 4. The number of ether oxygens (including phenoxy) is 1. The highest BCUT2D eigenvalue weighted by Crippen LogP contribution is 2.36. The van der Waals surface area contributed by atoms with Crippen LogP contribution in [0.3, 0.4) is 0 Å². The molecule has 2 fully saturated rings. The van der Waals surface area contributed by atoms with Gasteiger partial charge in [0.25, 0.3) is 5.91 Å². The molecule has 0 unspecified atom stereocenters. The number of benzene rings is 1. The Morgan fingerprint density at radius 3 is 2.67 bits per heavy atom. The number of amides is 1. The summed E-state index contributed by atoms with van der Waals surface area (Å²) in [6.07, 6.45) is 2.23. The number of hydrogen-bond donors (Lipinski definition) is 0. The lowest BCUT2D eigenvalue weighted by Gasteiger charge is -2.20. The molecular weight excluding hydrogens is 366 g/mol. The van der Waals surface area contributed by atoms with E-state index in [0.717, 1.165) is 11.3 Å². The fraction of sp³-hybridized carbons (Fsp3) is 0.375. The molecule has 0 saturated carbocycles. The van der Waals surface area contributed by atoms with E-state index < -0.39 is 9.84 Å². The first-order chi connectivity index (χ1) is 11.4. The first-order valence-electron chi connectivity index (χ1n) is 7.60. The van der Waals surface area contributed by atoms with Gasteiger partial charge in [-0.2, -0.15) is 0 Å². The molecule has 128 valence electrons. The normalized spacial score (nSPS) is 24.8. The maximum absolute atomic E-state index is 12.6. The minimum atomic E-state index is -3.06. The van der Waals surface area contributed by atoms with Gasteiger partial charge in [0.1, 0.15) is 10.1 Å². The van der Waals surface area contributed by atoms with Crippen molar-refractivity contribution in [1.29, 1.82) is 0 Å². The number of nitrogens with zero attached hydrogens (tertiary/aromatic N) is 1. The zero-order chi connectivity index (χ0) is 17.3. The molecule has 24 heavy (non-hydrogen) atoms. The summed E-state index contributed by atoms with van der Waals surface area (Å²) in [5.41, 5.74) is 0.873. The van der Waals surface area contributed by atoms with E-state index in [1.807, 2.05) is 31.2 Å². The van der Waals surface area contributed by atoms with Crippen molar-refractivity contribution in [1.82, 2.24) is 4.90 Å². The van der Waals surface area contributed by atoms with E-state index in [9.17, 15) is 13.2 Å². The Morgan fingerprint density at radius 2 is 2.08 bits per heavy atom. The van der Waals surface area contributed by atoms with Gasteiger partial charge in [-0.05, 0) is 37.1 Å². The number of thioether (sulfide) groups is 1. The first kappa shape index (κ1) is 17.4. The molecule has 3 rings (SSSR count). The standard InChI is InChI=1S/C16H17NO4S3/c1-2-21-13-5-3-11(4-6-13)9-14-15(18)17(16(22)23-14)12-7-8-24(19,20)10-12/h3-6,9,12H,2,7-8,10H2,1H3/b14-9+/t12-/m0/s1. The first-order valence-corrected chi connectivity index (χ1v) is 10.6. The molecule has 0 radical (unpaired) electrons. The molecule has 0 bridgehead atoms. The Kier molecular flexibility index (Phi) is 4.98. The molecule has 1 aromatic carbocycles. The summed E-state index contributed by atoms with van der Waals surface area (Å²) < 4.78 is 29.1. The summed E-state index contributed by atoms with van der Waals surface area (Å²) in [7, 11) is -3.06. The topological polar surface area (TPSA) is 63.7 Å². The Bertz CT molecular complexity index is 799. The molecular formula is C16H17NO4S3. The third-order valence-electron chi connectivity index (χ3n) is 3.89. The van der Waals surface area contributed by atoms with Gasteiger partial charge in [0.2, 0.25) is 0 Å². The minimum absolute atomic E-state index is 0.00419. The van der Waals surface area contributed by atoms with Crippen molar-refractivity contribution in [3.05, 3.63) is 34.7 Å². The van der Waals surface area contributed by atoms with Gasteiger partial charge in [-0.3, -0.25) is 9.69 Å². The molecule has 1 atom stereocenters. The zero-order valence-corrected chi connectivity index (χ0v) is 15.5. The Labute approximate surface area is 151 Å². The van der Waals surface area contributed by atoms with Crippen LogP contribution < -0.4 is 4.74 Å². The summed E-state index contributed by atoms with van der Waals surface area (Å²) in [6, 6.07) is 7.10. The van der Waals surface area contributed by atoms with Crippen LogP contribution in [0.25, 0.3) is 6.08 Å². The summed E-state index contributed by atoms with van der Waals surface area (Å²) in [5, 5.41) is 0. The quantitative estimate of drug-likeness (QED) is 0.588. The van der Waals surface area contributed by atoms with Crippen molar-refractivity contribution >= 4 is 50.1 Å². The van der Waals surface area contributed by atoms with Crippen LogP contribution >= 0.6 is 24.0 Å². The second-order valence-corrected chi connectivity index (χ2v) is 9.52. The van der Waals surface area contributed by atoms with Crippen molar-refractivity contribution in [3.8, 4) is 5.75 Å². The summed E-state index contributed by atoms with van der Waals surface area (Å²) in [5.74, 6) is 0.682. The number of sulfone groups is 1. The van der Waals surface area contributed by atoms with Crippen LogP contribution in [0.4, 0.5) is 0 Å². The van der Waals surface area contributed by atoms with Crippen LogP contribution in [0.15, 0.2) is 29.2 Å². The number of thiocarbonyl (C=S) groups is 1. The lowest BCUT2D eigenvalue weighted by atomic mass is 10.2. The molecule has 1 aromatic rings. The van der Waals surface area contributed by atoms with Crippen LogP contribution in [0, 0.1) is 0 Å². The van der Waals surface area contributed by atoms with Gasteiger partial charge in [-0.25, -0.2) is 8.42 Å². The summed E-state index contributed by atoms with van der Waals surface area (Å²) in [4.78, 5) is 14.6. The van der Waals surface area contributed by atoms with Crippen molar-refractivity contribution in [2.75, 3.05) is 18.1 Å². The third-order valence-corrected chi connectivity index (χ3v) is 6.97. The van der Waals surface area contributed by atoms with Crippen molar-refractivity contribution in [3.63, 3.8) is 0 Å². The van der Waals surface area contributed by atoms with E-state index in [0.29, 0.717) is 22.3 Å². The van der Waals surface area contributed by atoms with Gasteiger partial charge < -0.3 is 4.74 Å². The molecule has 0 spiro atoms. The second kappa shape index (κ2) is 6.85. The average Bonchev–Trinajstić information content (AvgIpc) is 3.01. The van der Waals surface area contributed by atoms with E-state index in [1.165, 1.54) is 16.7 Å². The van der Waals surface area contributed by atoms with Gasteiger partial charge in [-0.1, -0.05) is 36.1 Å². The van der Waals surface area contributed by atoms with Crippen LogP contribution in [0.1, 0.15) is 18.9 Å². The van der Waals surface area contributed by atoms with Gasteiger partial charge in [0, 0.05) is 0 Å². The molecule has 0 aromatic heterocycles. The molecule has 0 N–H and O–H groups in total. The van der Waals surface area contributed by atoms with Crippen molar-refractivity contribution in [2.24, 2.45) is 0 Å². The van der Waals surface area contributed by atoms with Crippen LogP contribution in [0.5, 0.6) is 5.75 Å². The molecule has 2 heterocycles. The minimum Gasteiger partial charge on any atom is -0.494 e. The van der Waals surface area contributed by atoms with E-state index >= 15 is 0 Å². The molecule has 8 heteroatoms. The van der Waals surface area contributed by atoms with Crippen molar-refractivity contribution < 1.29 is 17.9 Å². The second-order valence-electron chi connectivity index (χ2n) is 5.61. The van der Waals surface area contributed by atoms with E-state index in [4.69, 9.17) is 17.0 Å². The molecule has 1 amide bonds. The SMILES string of the molecule is CCOc1ccc(/C=C2/SC(=S)N([C@H]3CCS(=O)(=O)C3)C2=O)cc1. The average molecular weight is 384 g/mol. The Hall–Kier alpha value is -1.38. The highest BCUT2D eigenvalue weighted by molar-refractivity contribution is 8.26. The smallest absolute Gasteiger partial charge is 0.266 e.